The van der Waals surface area contributed by atoms with Gasteiger partial charge in [0.2, 0.25) is 5.16 Å². The van der Waals surface area contributed by atoms with Crippen LogP contribution in [-0.4, -0.2) is 26.3 Å². The molecule has 1 aromatic heterocycles. The number of benzene rings is 3. The largest absolute Gasteiger partial charge is 0.212 e. The first-order valence-corrected chi connectivity index (χ1v) is 9.18. The Hall–Kier alpha value is -2.99. The van der Waals surface area contributed by atoms with E-state index < -0.39 is 0 Å². The van der Waals surface area contributed by atoms with E-state index in [1.54, 1.807) is 28.6 Å². The van der Waals surface area contributed by atoms with Crippen LogP contribution in [0.3, 0.4) is 0 Å². The lowest BCUT2D eigenvalue weighted by molar-refractivity contribution is 0.627. The number of rotatable bonds is 2. The van der Waals surface area contributed by atoms with E-state index in [1.165, 1.54) is 17.5 Å². The SMILES string of the molecule is Fc1ccc(C2=Nn3c(nnc3-c3ccc4ccccc4c3)SC2)cc1. The Labute approximate surface area is 153 Å². The van der Waals surface area contributed by atoms with E-state index in [9.17, 15) is 4.39 Å². The normalized spacial score (nSPS) is 13.5. The molecule has 1 aliphatic heterocycles. The van der Waals surface area contributed by atoms with Gasteiger partial charge in [-0.1, -0.05) is 60.3 Å². The van der Waals surface area contributed by atoms with Crippen LogP contribution in [0.4, 0.5) is 4.39 Å². The molecule has 6 heteroatoms. The molecule has 0 fully saturated rings. The smallest absolute Gasteiger partial charge is 0.207 e. The fourth-order valence-electron chi connectivity index (χ4n) is 3.02. The summed E-state index contributed by atoms with van der Waals surface area (Å²) >= 11 is 1.58. The lowest BCUT2D eigenvalue weighted by Crippen LogP contribution is -2.13. The van der Waals surface area contributed by atoms with Gasteiger partial charge in [0.1, 0.15) is 5.82 Å². The van der Waals surface area contributed by atoms with Crippen molar-refractivity contribution in [2.75, 3.05) is 5.75 Å². The van der Waals surface area contributed by atoms with Crippen LogP contribution in [0.5, 0.6) is 0 Å². The molecule has 3 aromatic carbocycles. The minimum Gasteiger partial charge on any atom is -0.207 e. The molecule has 0 radical (unpaired) electrons. The van der Waals surface area contributed by atoms with E-state index in [1.807, 2.05) is 18.2 Å². The number of hydrogen-bond donors (Lipinski definition) is 0. The number of aromatic nitrogens is 3. The molecule has 0 amide bonds. The van der Waals surface area contributed by atoms with Gasteiger partial charge in [-0.15, -0.1) is 10.2 Å². The first-order chi connectivity index (χ1) is 12.8. The number of thioether (sulfide) groups is 1. The summed E-state index contributed by atoms with van der Waals surface area (Å²) in [5, 5.41) is 16.4. The maximum atomic E-state index is 13.2. The van der Waals surface area contributed by atoms with Crippen molar-refractivity contribution in [1.29, 1.82) is 0 Å². The van der Waals surface area contributed by atoms with E-state index in [4.69, 9.17) is 5.10 Å². The van der Waals surface area contributed by atoms with E-state index >= 15 is 0 Å². The summed E-state index contributed by atoms with van der Waals surface area (Å²) in [5.41, 5.74) is 2.75. The Morgan fingerprint density at radius 3 is 2.46 bits per heavy atom. The van der Waals surface area contributed by atoms with Crippen molar-refractivity contribution < 1.29 is 4.39 Å². The van der Waals surface area contributed by atoms with Crippen molar-refractivity contribution in [2.24, 2.45) is 5.10 Å². The fraction of sp³-hybridized carbons (Fsp3) is 0.0500. The van der Waals surface area contributed by atoms with Crippen LogP contribution in [0.15, 0.2) is 77.0 Å². The molecule has 1 aliphatic rings. The molecule has 0 spiro atoms. The molecule has 0 atom stereocenters. The highest BCUT2D eigenvalue weighted by molar-refractivity contribution is 7.99. The average molecular weight is 360 g/mol. The maximum Gasteiger partial charge on any atom is 0.212 e. The second-order valence-electron chi connectivity index (χ2n) is 6.02. The molecule has 0 N–H and O–H groups in total. The number of halogens is 1. The molecular weight excluding hydrogens is 347 g/mol. The zero-order valence-electron chi connectivity index (χ0n) is 13.6. The second-order valence-corrected chi connectivity index (χ2v) is 6.96. The summed E-state index contributed by atoms with van der Waals surface area (Å²) in [4.78, 5) is 0. The van der Waals surface area contributed by atoms with Crippen molar-refractivity contribution in [1.82, 2.24) is 14.9 Å². The molecule has 4 aromatic rings. The average Bonchev–Trinajstić information content (AvgIpc) is 3.11. The third-order valence-corrected chi connectivity index (χ3v) is 5.29. The Kier molecular flexibility index (Phi) is 3.57. The van der Waals surface area contributed by atoms with Crippen molar-refractivity contribution in [3.05, 3.63) is 78.1 Å². The zero-order chi connectivity index (χ0) is 17.5. The fourth-order valence-corrected chi connectivity index (χ4v) is 3.86. The summed E-state index contributed by atoms with van der Waals surface area (Å²) in [6.07, 6.45) is 0. The van der Waals surface area contributed by atoms with Crippen LogP contribution in [0.25, 0.3) is 22.2 Å². The van der Waals surface area contributed by atoms with Crippen molar-refractivity contribution >= 4 is 28.2 Å². The number of hydrogen-bond acceptors (Lipinski definition) is 4. The van der Waals surface area contributed by atoms with Crippen LogP contribution >= 0.6 is 11.8 Å². The molecular formula is C20H13FN4S. The van der Waals surface area contributed by atoms with Crippen LogP contribution in [0.2, 0.25) is 0 Å². The lowest BCUT2D eigenvalue weighted by Gasteiger charge is -2.14. The molecule has 4 nitrogen and oxygen atoms in total. The number of nitrogens with zero attached hydrogens (tertiary/aromatic N) is 4. The van der Waals surface area contributed by atoms with Gasteiger partial charge in [-0.25, -0.2) is 4.39 Å². The van der Waals surface area contributed by atoms with E-state index in [0.717, 1.165) is 27.4 Å². The third-order valence-electron chi connectivity index (χ3n) is 4.36. The third kappa shape index (κ3) is 2.59. The molecule has 0 unspecified atom stereocenters. The van der Waals surface area contributed by atoms with Gasteiger partial charge in [0.15, 0.2) is 5.82 Å². The molecule has 2 heterocycles. The van der Waals surface area contributed by atoms with E-state index in [0.29, 0.717) is 11.6 Å². The summed E-state index contributed by atoms with van der Waals surface area (Å²) in [7, 11) is 0. The minimum absolute atomic E-state index is 0.250. The van der Waals surface area contributed by atoms with Crippen molar-refractivity contribution in [3.63, 3.8) is 0 Å². The summed E-state index contributed by atoms with van der Waals surface area (Å²) < 4.78 is 15.0. The zero-order valence-corrected chi connectivity index (χ0v) is 14.4. The van der Waals surface area contributed by atoms with Crippen molar-refractivity contribution in [2.45, 2.75) is 5.16 Å². The van der Waals surface area contributed by atoms with E-state index in [2.05, 4.69) is 34.5 Å². The van der Waals surface area contributed by atoms with Crippen molar-refractivity contribution in [3.8, 4) is 11.4 Å². The second kappa shape index (κ2) is 6.07. The summed E-state index contributed by atoms with van der Waals surface area (Å²) in [6.45, 7) is 0. The van der Waals surface area contributed by atoms with Gasteiger partial charge in [-0.2, -0.15) is 9.78 Å². The monoisotopic (exact) mass is 360 g/mol. The molecule has 5 rings (SSSR count). The van der Waals surface area contributed by atoms with Crippen LogP contribution in [0.1, 0.15) is 5.56 Å². The van der Waals surface area contributed by atoms with Crippen LogP contribution in [0, 0.1) is 5.82 Å². The van der Waals surface area contributed by atoms with Crippen LogP contribution in [-0.2, 0) is 0 Å². The number of fused-ring (bicyclic) bond motifs is 2. The van der Waals surface area contributed by atoms with Gasteiger partial charge in [0.25, 0.3) is 0 Å². The first-order valence-electron chi connectivity index (χ1n) is 8.19. The van der Waals surface area contributed by atoms with Gasteiger partial charge < -0.3 is 0 Å². The molecule has 126 valence electrons. The molecule has 0 aliphatic carbocycles. The predicted molar refractivity (Wildman–Crippen MR) is 102 cm³/mol. The minimum atomic E-state index is -0.250. The molecule has 0 bridgehead atoms. The highest BCUT2D eigenvalue weighted by Crippen LogP contribution is 2.30. The molecule has 0 saturated heterocycles. The van der Waals surface area contributed by atoms with Gasteiger partial charge in [0, 0.05) is 11.3 Å². The summed E-state index contributed by atoms with van der Waals surface area (Å²) in [6, 6.07) is 20.8. The van der Waals surface area contributed by atoms with Gasteiger partial charge >= 0.3 is 0 Å². The topological polar surface area (TPSA) is 43.1 Å². The molecule has 0 saturated carbocycles. The predicted octanol–water partition coefficient (Wildman–Crippen LogP) is 4.60. The standard InChI is InChI=1S/C20H13FN4S/c21-17-9-7-14(8-10-17)18-12-26-20-23-22-19(25(20)24-18)16-6-5-13-3-1-2-4-15(13)11-16/h1-11H,12H2. The Morgan fingerprint density at radius 2 is 1.62 bits per heavy atom. The van der Waals surface area contributed by atoms with Gasteiger partial charge in [-0.3, -0.25) is 0 Å². The highest BCUT2D eigenvalue weighted by Gasteiger charge is 2.20. The van der Waals surface area contributed by atoms with Gasteiger partial charge in [-0.05, 0) is 34.5 Å². The van der Waals surface area contributed by atoms with Crippen LogP contribution < -0.4 is 0 Å². The van der Waals surface area contributed by atoms with Gasteiger partial charge in [0.05, 0.1) is 5.71 Å². The highest BCUT2D eigenvalue weighted by atomic mass is 32.2. The molecule has 26 heavy (non-hydrogen) atoms. The summed E-state index contributed by atoms with van der Waals surface area (Å²) in [5.74, 6) is 1.14. The quantitative estimate of drug-likeness (QED) is 0.525. The Balaban J connectivity index is 1.61. The first kappa shape index (κ1) is 15.3. The maximum absolute atomic E-state index is 13.2. The van der Waals surface area contributed by atoms with E-state index in [-0.39, 0.29) is 5.82 Å². The lowest BCUT2D eigenvalue weighted by atomic mass is 10.1. The Bertz CT molecular complexity index is 1150. The Morgan fingerprint density at radius 1 is 0.846 bits per heavy atom.